The summed E-state index contributed by atoms with van der Waals surface area (Å²) in [4.78, 5) is 16.4. The summed E-state index contributed by atoms with van der Waals surface area (Å²) in [5, 5.41) is 0. The van der Waals surface area contributed by atoms with Crippen molar-refractivity contribution >= 4 is 5.91 Å². The molecular weight excluding hydrogens is 250 g/mol. The lowest BCUT2D eigenvalue weighted by Crippen LogP contribution is -2.26. The van der Waals surface area contributed by atoms with Crippen LogP contribution in [0.1, 0.15) is 29.5 Å². The topological polar surface area (TPSA) is 38.3 Å². The largest absolute Gasteiger partial charge is 0.277 e. The monoisotopic (exact) mass is 269 g/mol. The van der Waals surface area contributed by atoms with Crippen molar-refractivity contribution in [2.45, 2.75) is 19.3 Å². The highest BCUT2D eigenvalue weighted by Crippen LogP contribution is 2.18. The minimum absolute atomic E-state index is 0.135. The van der Waals surface area contributed by atoms with Gasteiger partial charge in [-0.3, -0.25) is 9.63 Å². The highest BCUT2D eigenvalue weighted by Gasteiger charge is 2.15. The van der Waals surface area contributed by atoms with E-state index in [4.69, 9.17) is 0 Å². The lowest BCUT2D eigenvalue weighted by atomic mass is 9.96. The first-order valence-electron chi connectivity index (χ1n) is 6.66. The maximum absolute atomic E-state index is 11.8. The second-order valence-corrected chi connectivity index (χ2v) is 4.80. The Morgan fingerprint density at radius 3 is 2.50 bits per heavy atom. The van der Waals surface area contributed by atoms with Gasteiger partial charge in [-0.1, -0.05) is 54.6 Å². The first-order valence-corrected chi connectivity index (χ1v) is 6.66. The molecule has 3 nitrogen and oxygen atoms in total. The van der Waals surface area contributed by atoms with Crippen molar-refractivity contribution in [2.24, 2.45) is 0 Å². The molecule has 2 aromatic rings. The lowest BCUT2D eigenvalue weighted by Gasteiger charge is -2.12. The van der Waals surface area contributed by atoms with Gasteiger partial charge in [-0.05, 0) is 30.0 Å². The number of nitrogens with one attached hydrogen (secondary N) is 1. The summed E-state index contributed by atoms with van der Waals surface area (Å²) in [6.07, 6.45) is 0.868. The molecule has 0 radical (unpaired) electrons. The molecule has 1 atom stereocenters. The van der Waals surface area contributed by atoms with Crippen LogP contribution in [-0.2, 0) is 16.1 Å². The summed E-state index contributed by atoms with van der Waals surface area (Å²) in [5.41, 5.74) is 5.83. The molecule has 1 amide bonds. The van der Waals surface area contributed by atoms with Gasteiger partial charge >= 0.3 is 0 Å². The van der Waals surface area contributed by atoms with Crippen LogP contribution in [-0.4, -0.2) is 13.0 Å². The van der Waals surface area contributed by atoms with Gasteiger partial charge in [0, 0.05) is 0 Å². The van der Waals surface area contributed by atoms with E-state index in [1.807, 2.05) is 37.3 Å². The Kier molecular flexibility index (Phi) is 4.91. The third-order valence-electron chi connectivity index (χ3n) is 3.30. The molecule has 0 bridgehead atoms. The molecule has 1 unspecified atom stereocenters. The maximum Gasteiger partial charge on any atom is 0.250 e. The fraction of sp³-hybridized carbons (Fsp3) is 0.235. The van der Waals surface area contributed by atoms with Crippen LogP contribution in [0.15, 0.2) is 54.6 Å². The summed E-state index contributed by atoms with van der Waals surface area (Å²) in [5.74, 6) is -0.366. The fourth-order valence-electron chi connectivity index (χ4n) is 2.14. The van der Waals surface area contributed by atoms with Crippen LogP contribution in [0.25, 0.3) is 0 Å². The standard InChI is InChI=1S/C17H19NO2/c1-13(17(19)18-20-2)16-10-6-9-15(12-16)11-14-7-4-3-5-8-14/h3-10,12-13H,11H2,1-2H3,(H,18,19). The summed E-state index contributed by atoms with van der Waals surface area (Å²) in [7, 11) is 1.44. The van der Waals surface area contributed by atoms with Crippen LogP contribution in [0, 0.1) is 0 Å². The zero-order valence-corrected chi connectivity index (χ0v) is 11.8. The second kappa shape index (κ2) is 6.87. The zero-order valence-electron chi connectivity index (χ0n) is 11.8. The molecule has 0 aliphatic rings. The van der Waals surface area contributed by atoms with Gasteiger partial charge < -0.3 is 0 Å². The maximum atomic E-state index is 11.8. The predicted octanol–water partition coefficient (Wildman–Crippen LogP) is 3.06. The van der Waals surface area contributed by atoms with Gasteiger partial charge in [0.25, 0.3) is 5.91 Å². The molecule has 104 valence electrons. The van der Waals surface area contributed by atoms with Gasteiger partial charge in [0.15, 0.2) is 0 Å². The number of rotatable bonds is 5. The van der Waals surface area contributed by atoms with E-state index in [0.717, 1.165) is 12.0 Å². The van der Waals surface area contributed by atoms with Gasteiger partial charge in [0.2, 0.25) is 0 Å². The molecule has 0 spiro atoms. The highest BCUT2D eigenvalue weighted by molar-refractivity contribution is 5.82. The SMILES string of the molecule is CONC(=O)C(C)c1cccc(Cc2ccccc2)c1. The molecule has 2 aromatic carbocycles. The molecule has 0 fully saturated rings. The Morgan fingerprint density at radius 2 is 1.80 bits per heavy atom. The van der Waals surface area contributed by atoms with Gasteiger partial charge in [0.1, 0.15) is 0 Å². The van der Waals surface area contributed by atoms with Crippen LogP contribution in [0.3, 0.4) is 0 Å². The van der Waals surface area contributed by atoms with Crippen LogP contribution >= 0.6 is 0 Å². The number of hydroxylamine groups is 1. The summed E-state index contributed by atoms with van der Waals surface area (Å²) in [6, 6.07) is 18.4. The number of hydrogen-bond donors (Lipinski definition) is 1. The molecule has 0 aliphatic heterocycles. The molecule has 0 aromatic heterocycles. The Bertz CT molecular complexity index is 566. The van der Waals surface area contributed by atoms with Crippen molar-refractivity contribution in [3.8, 4) is 0 Å². The van der Waals surface area contributed by atoms with Gasteiger partial charge in [-0.2, -0.15) is 0 Å². The summed E-state index contributed by atoms with van der Waals surface area (Å²) in [6.45, 7) is 1.87. The van der Waals surface area contributed by atoms with Crippen molar-refractivity contribution in [1.82, 2.24) is 5.48 Å². The minimum atomic E-state index is -0.231. The molecule has 3 heteroatoms. The van der Waals surface area contributed by atoms with E-state index in [1.54, 1.807) is 0 Å². The normalized spacial score (nSPS) is 11.9. The van der Waals surface area contributed by atoms with E-state index in [0.29, 0.717) is 0 Å². The third kappa shape index (κ3) is 3.68. The van der Waals surface area contributed by atoms with E-state index in [-0.39, 0.29) is 11.8 Å². The van der Waals surface area contributed by atoms with Crippen LogP contribution in [0.4, 0.5) is 0 Å². The summed E-state index contributed by atoms with van der Waals surface area (Å²) >= 11 is 0. The van der Waals surface area contributed by atoms with Crippen LogP contribution in [0.5, 0.6) is 0 Å². The smallest absolute Gasteiger partial charge is 0.250 e. The van der Waals surface area contributed by atoms with Crippen molar-refractivity contribution in [2.75, 3.05) is 7.11 Å². The van der Waals surface area contributed by atoms with Crippen molar-refractivity contribution in [3.63, 3.8) is 0 Å². The third-order valence-corrected chi connectivity index (χ3v) is 3.30. The molecule has 20 heavy (non-hydrogen) atoms. The molecule has 0 saturated carbocycles. The summed E-state index contributed by atoms with van der Waals surface area (Å²) < 4.78 is 0. The average molecular weight is 269 g/mol. The van der Waals surface area contributed by atoms with Crippen molar-refractivity contribution < 1.29 is 9.63 Å². The van der Waals surface area contributed by atoms with Crippen molar-refractivity contribution in [3.05, 3.63) is 71.3 Å². The second-order valence-electron chi connectivity index (χ2n) is 4.80. The van der Waals surface area contributed by atoms with Gasteiger partial charge in [-0.15, -0.1) is 0 Å². The number of carbonyl (C=O) groups is 1. The highest BCUT2D eigenvalue weighted by atomic mass is 16.6. The number of benzene rings is 2. The average Bonchev–Trinajstić information content (AvgIpc) is 2.48. The molecule has 0 saturated heterocycles. The van der Waals surface area contributed by atoms with Gasteiger partial charge in [0.05, 0.1) is 13.0 Å². The number of carbonyl (C=O) groups excluding carboxylic acids is 1. The Morgan fingerprint density at radius 1 is 1.10 bits per heavy atom. The fourth-order valence-corrected chi connectivity index (χ4v) is 2.14. The molecule has 0 heterocycles. The Balaban J connectivity index is 2.13. The molecule has 0 aliphatic carbocycles. The van der Waals surface area contributed by atoms with Crippen LogP contribution in [0.2, 0.25) is 0 Å². The number of amides is 1. The Labute approximate surface area is 119 Å². The zero-order chi connectivity index (χ0) is 14.4. The van der Waals surface area contributed by atoms with Crippen LogP contribution < -0.4 is 5.48 Å². The first-order chi connectivity index (χ1) is 9.70. The number of hydrogen-bond acceptors (Lipinski definition) is 2. The Hall–Kier alpha value is -2.13. The van der Waals surface area contributed by atoms with E-state index in [1.165, 1.54) is 18.2 Å². The van der Waals surface area contributed by atoms with E-state index in [2.05, 4.69) is 34.6 Å². The molecular formula is C17H19NO2. The quantitative estimate of drug-likeness (QED) is 0.847. The predicted molar refractivity (Wildman–Crippen MR) is 79.3 cm³/mol. The van der Waals surface area contributed by atoms with Gasteiger partial charge in [-0.25, -0.2) is 5.48 Å². The molecule has 1 N–H and O–H groups in total. The lowest BCUT2D eigenvalue weighted by molar-refractivity contribution is -0.132. The van der Waals surface area contributed by atoms with E-state index < -0.39 is 0 Å². The van der Waals surface area contributed by atoms with E-state index >= 15 is 0 Å². The van der Waals surface area contributed by atoms with Crippen molar-refractivity contribution in [1.29, 1.82) is 0 Å². The molecule has 2 rings (SSSR count). The van der Waals surface area contributed by atoms with E-state index in [9.17, 15) is 4.79 Å². The minimum Gasteiger partial charge on any atom is -0.277 e. The first kappa shape index (κ1) is 14.3.